The fourth-order valence-corrected chi connectivity index (χ4v) is 3.36. The van der Waals surface area contributed by atoms with Gasteiger partial charge in [0.2, 0.25) is 5.91 Å². The summed E-state index contributed by atoms with van der Waals surface area (Å²) in [5.74, 6) is 0.129. The van der Waals surface area contributed by atoms with E-state index in [1.807, 2.05) is 23.1 Å². The molecule has 0 aliphatic carbocycles. The van der Waals surface area contributed by atoms with Crippen LogP contribution in [0.4, 0.5) is 0 Å². The molecule has 0 aromatic heterocycles. The summed E-state index contributed by atoms with van der Waals surface area (Å²) in [6.07, 6.45) is 3.13. The number of carbonyl (C=O) groups is 1. The summed E-state index contributed by atoms with van der Waals surface area (Å²) in [6, 6.07) is 10.2. The molecule has 5 nitrogen and oxygen atoms in total. The predicted octanol–water partition coefficient (Wildman–Crippen LogP) is 0.960. The number of rotatable bonds is 5. The van der Waals surface area contributed by atoms with Crippen LogP contribution in [0.1, 0.15) is 24.8 Å². The van der Waals surface area contributed by atoms with Crippen molar-refractivity contribution in [2.75, 3.05) is 26.2 Å². The number of β-amino-alcohol motifs (C(OH)–C–C–N with tert-alkyl or cyclic N) is 1. The summed E-state index contributed by atoms with van der Waals surface area (Å²) < 4.78 is 5.96. The highest BCUT2D eigenvalue weighted by atomic mass is 16.5. The zero-order valence-electron chi connectivity index (χ0n) is 13.5. The van der Waals surface area contributed by atoms with Gasteiger partial charge < -0.3 is 20.1 Å². The first-order chi connectivity index (χ1) is 11.2. The maximum Gasteiger partial charge on any atom is 0.239 e. The quantitative estimate of drug-likeness (QED) is 0.849. The van der Waals surface area contributed by atoms with Crippen molar-refractivity contribution in [1.82, 2.24) is 10.2 Å². The standard InChI is InChI=1S/C18H26N2O3/c21-15-12-17(19-13-15)18(22)20-9-6-16(7-10-20)23-11-8-14-4-2-1-3-5-14/h1-5,15-17,19,21H,6-13H2/t15-,17-/m1/s1. The van der Waals surface area contributed by atoms with E-state index in [1.54, 1.807) is 0 Å². The number of hydrogen-bond donors (Lipinski definition) is 2. The van der Waals surface area contributed by atoms with Crippen LogP contribution in [0.15, 0.2) is 30.3 Å². The number of likely N-dealkylation sites (tertiary alicyclic amines) is 1. The third-order valence-electron chi connectivity index (χ3n) is 4.75. The lowest BCUT2D eigenvalue weighted by Gasteiger charge is -2.33. The number of ether oxygens (including phenoxy) is 1. The second-order valence-electron chi connectivity index (χ2n) is 6.48. The summed E-state index contributed by atoms with van der Waals surface area (Å²) >= 11 is 0. The molecule has 2 fully saturated rings. The molecule has 5 heteroatoms. The molecule has 2 aliphatic heterocycles. The summed E-state index contributed by atoms with van der Waals surface area (Å²) in [5, 5.41) is 12.6. The average Bonchev–Trinajstić information content (AvgIpc) is 3.02. The van der Waals surface area contributed by atoms with Gasteiger partial charge in [0, 0.05) is 19.6 Å². The summed E-state index contributed by atoms with van der Waals surface area (Å²) in [6.45, 7) is 2.76. The predicted molar refractivity (Wildman–Crippen MR) is 88.1 cm³/mol. The molecule has 0 spiro atoms. The number of nitrogens with zero attached hydrogens (tertiary/aromatic N) is 1. The number of amides is 1. The molecule has 126 valence electrons. The zero-order chi connectivity index (χ0) is 16.1. The number of hydrogen-bond acceptors (Lipinski definition) is 4. The van der Waals surface area contributed by atoms with Crippen molar-refractivity contribution in [2.24, 2.45) is 0 Å². The van der Waals surface area contributed by atoms with Gasteiger partial charge in [-0.1, -0.05) is 30.3 Å². The molecule has 23 heavy (non-hydrogen) atoms. The SMILES string of the molecule is O=C([C@H]1C[C@@H](O)CN1)N1CCC(OCCc2ccccc2)CC1. The molecule has 0 bridgehead atoms. The van der Waals surface area contributed by atoms with Crippen LogP contribution < -0.4 is 5.32 Å². The summed E-state index contributed by atoms with van der Waals surface area (Å²) in [4.78, 5) is 14.3. The number of aliphatic hydroxyl groups is 1. The van der Waals surface area contributed by atoms with Crippen molar-refractivity contribution in [2.45, 2.75) is 43.9 Å². The lowest BCUT2D eigenvalue weighted by Crippen LogP contribution is -2.48. The first-order valence-corrected chi connectivity index (χ1v) is 8.58. The van der Waals surface area contributed by atoms with Gasteiger partial charge in [-0.05, 0) is 31.2 Å². The molecule has 2 N–H and O–H groups in total. The number of aliphatic hydroxyl groups excluding tert-OH is 1. The molecule has 2 aliphatic rings. The normalized spacial score (nSPS) is 25.7. The van der Waals surface area contributed by atoms with Crippen molar-refractivity contribution in [3.63, 3.8) is 0 Å². The van der Waals surface area contributed by atoms with Gasteiger partial charge in [-0.15, -0.1) is 0 Å². The van der Waals surface area contributed by atoms with Crippen LogP contribution in [0.3, 0.4) is 0 Å². The second-order valence-corrected chi connectivity index (χ2v) is 6.48. The van der Waals surface area contributed by atoms with Crippen LogP contribution in [-0.2, 0) is 16.0 Å². The van der Waals surface area contributed by atoms with Crippen LogP contribution in [0.5, 0.6) is 0 Å². The number of piperidine rings is 1. The third kappa shape index (κ3) is 4.53. The van der Waals surface area contributed by atoms with Gasteiger partial charge in [0.15, 0.2) is 0 Å². The van der Waals surface area contributed by atoms with Crippen LogP contribution in [0.2, 0.25) is 0 Å². The van der Waals surface area contributed by atoms with Crippen molar-refractivity contribution in [3.8, 4) is 0 Å². The van der Waals surface area contributed by atoms with E-state index in [9.17, 15) is 9.90 Å². The first-order valence-electron chi connectivity index (χ1n) is 8.58. The Kier molecular flexibility index (Phi) is 5.65. The Morgan fingerprint density at radius 3 is 2.65 bits per heavy atom. The van der Waals surface area contributed by atoms with Gasteiger partial charge >= 0.3 is 0 Å². The Morgan fingerprint density at radius 2 is 2.00 bits per heavy atom. The minimum Gasteiger partial charge on any atom is -0.392 e. The highest BCUT2D eigenvalue weighted by Gasteiger charge is 2.33. The van der Waals surface area contributed by atoms with Gasteiger partial charge in [0.1, 0.15) is 0 Å². The minimum atomic E-state index is -0.386. The fraction of sp³-hybridized carbons (Fsp3) is 0.611. The highest BCUT2D eigenvalue weighted by Crippen LogP contribution is 2.17. The Morgan fingerprint density at radius 1 is 1.26 bits per heavy atom. The molecule has 0 saturated carbocycles. The Balaban J connectivity index is 1.36. The van der Waals surface area contributed by atoms with E-state index in [0.29, 0.717) is 13.0 Å². The van der Waals surface area contributed by atoms with Crippen LogP contribution in [0, 0.1) is 0 Å². The molecule has 3 rings (SSSR count). The summed E-state index contributed by atoms with van der Waals surface area (Å²) in [7, 11) is 0. The number of nitrogens with one attached hydrogen (secondary N) is 1. The lowest BCUT2D eigenvalue weighted by atomic mass is 10.1. The van der Waals surface area contributed by atoms with E-state index in [-0.39, 0.29) is 24.2 Å². The van der Waals surface area contributed by atoms with Crippen molar-refractivity contribution in [1.29, 1.82) is 0 Å². The van der Waals surface area contributed by atoms with E-state index in [1.165, 1.54) is 5.56 Å². The Hall–Kier alpha value is -1.43. The molecule has 0 radical (unpaired) electrons. The van der Waals surface area contributed by atoms with Gasteiger partial charge in [0.05, 0.1) is 24.9 Å². The maximum absolute atomic E-state index is 12.4. The molecular formula is C18H26N2O3. The van der Waals surface area contributed by atoms with E-state index < -0.39 is 0 Å². The first kappa shape index (κ1) is 16.4. The van der Waals surface area contributed by atoms with Crippen LogP contribution in [0.25, 0.3) is 0 Å². The molecule has 2 saturated heterocycles. The van der Waals surface area contributed by atoms with Crippen molar-refractivity contribution >= 4 is 5.91 Å². The van der Waals surface area contributed by atoms with E-state index in [0.717, 1.165) is 39.0 Å². The topological polar surface area (TPSA) is 61.8 Å². The van der Waals surface area contributed by atoms with Crippen molar-refractivity contribution in [3.05, 3.63) is 35.9 Å². The van der Waals surface area contributed by atoms with E-state index in [4.69, 9.17) is 4.74 Å². The van der Waals surface area contributed by atoms with E-state index >= 15 is 0 Å². The molecule has 0 unspecified atom stereocenters. The van der Waals surface area contributed by atoms with Gasteiger partial charge in [0.25, 0.3) is 0 Å². The molecule has 1 aromatic rings. The van der Waals surface area contributed by atoms with Crippen molar-refractivity contribution < 1.29 is 14.6 Å². The molecule has 2 atom stereocenters. The minimum absolute atomic E-state index is 0.129. The lowest BCUT2D eigenvalue weighted by molar-refractivity contribution is -0.135. The zero-order valence-corrected chi connectivity index (χ0v) is 13.5. The smallest absolute Gasteiger partial charge is 0.239 e. The molecule has 1 amide bonds. The Labute approximate surface area is 137 Å². The fourth-order valence-electron chi connectivity index (χ4n) is 3.36. The maximum atomic E-state index is 12.4. The number of benzene rings is 1. The van der Waals surface area contributed by atoms with Crippen LogP contribution in [-0.4, -0.2) is 60.4 Å². The van der Waals surface area contributed by atoms with E-state index in [2.05, 4.69) is 17.4 Å². The number of carbonyl (C=O) groups excluding carboxylic acids is 1. The molecule has 1 aromatic carbocycles. The summed E-state index contributed by atoms with van der Waals surface area (Å²) in [5.41, 5.74) is 1.30. The van der Waals surface area contributed by atoms with Gasteiger partial charge in [-0.25, -0.2) is 0 Å². The Bertz CT molecular complexity index is 500. The van der Waals surface area contributed by atoms with Gasteiger partial charge in [-0.3, -0.25) is 4.79 Å². The molecular weight excluding hydrogens is 292 g/mol. The molecule has 2 heterocycles. The highest BCUT2D eigenvalue weighted by molar-refractivity contribution is 5.82. The second kappa shape index (κ2) is 7.90. The monoisotopic (exact) mass is 318 g/mol. The third-order valence-corrected chi connectivity index (χ3v) is 4.75. The van der Waals surface area contributed by atoms with Crippen LogP contribution >= 0.6 is 0 Å². The largest absolute Gasteiger partial charge is 0.392 e. The average molecular weight is 318 g/mol. The van der Waals surface area contributed by atoms with Gasteiger partial charge in [-0.2, -0.15) is 0 Å².